The third-order valence-corrected chi connectivity index (χ3v) is 4.54. The molecule has 1 saturated heterocycles. The van der Waals surface area contributed by atoms with Crippen molar-refractivity contribution < 1.29 is 14.7 Å². The second kappa shape index (κ2) is 5.72. The predicted octanol–water partition coefficient (Wildman–Crippen LogP) is 2.14. The Morgan fingerprint density at radius 3 is 2.28 bits per heavy atom. The van der Waals surface area contributed by atoms with Gasteiger partial charge in [0.05, 0.1) is 11.8 Å². The lowest BCUT2D eigenvalue weighted by Crippen LogP contribution is -2.42. The first kappa shape index (κ1) is 13.4. The van der Waals surface area contributed by atoms with E-state index in [-0.39, 0.29) is 11.8 Å². The minimum absolute atomic E-state index is 0.0954. The highest BCUT2D eigenvalue weighted by Crippen LogP contribution is 2.39. The van der Waals surface area contributed by atoms with E-state index in [1.165, 1.54) is 6.42 Å². The van der Waals surface area contributed by atoms with E-state index in [2.05, 4.69) is 6.92 Å². The fourth-order valence-electron chi connectivity index (χ4n) is 3.37. The Balaban J connectivity index is 2.04. The van der Waals surface area contributed by atoms with Crippen molar-refractivity contribution in [3.05, 3.63) is 0 Å². The lowest BCUT2D eigenvalue weighted by molar-refractivity contribution is -0.149. The Bertz CT molecular complexity index is 323. The smallest absolute Gasteiger partial charge is 0.307 e. The minimum Gasteiger partial charge on any atom is -0.481 e. The molecule has 4 nitrogen and oxygen atoms in total. The minimum atomic E-state index is -0.790. The first-order valence-corrected chi connectivity index (χ1v) is 7.15. The summed E-state index contributed by atoms with van der Waals surface area (Å²) in [7, 11) is 0. The van der Waals surface area contributed by atoms with Crippen LogP contribution in [0, 0.1) is 17.8 Å². The fourth-order valence-corrected chi connectivity index (χ4v) is 3.37. The van der Waals surface area contributed by atoms with Crippen molar-refractivity contribution in [1.82, 2.24) is 4.90 Å². The fraction of sp³-hybridized carbons (Fsp3) is 0.857. The van der Waals surface area contributed by atoms with Crippen molar-refractivity contribution in [3.8, 4) is 0 Å². The molecule has 1 heterocycles. The number of carbonyl (C=O) groups excluding carboxylic acids is 1. The number of rotatable bonds is 3. The number of carbonyl (C=O) groups is 2. The van der Waals surface area contributed by atoms with Gasteiger partial charge in [0.25, 0.3) is 0 Å². The monoisotopic (exact) mass is 253 g/mol. The molecule has 1 amide bonds. The molecule has 0 aromatic carbocycles. The van der Waals surface area contributed by atoms with Crippen LogP contribution >= 0.6 is 0 Å². The number of nitrogens with zero attached hydrogens (tertiary/aromatic N) is 1. The molecule has 18 heavy (non-hydrogen) atoms. The summed E-state index contributed by atoms with van der Waals surface area (Å²) in [5.74, 6) is -1.01. The number of hydrogen-bond donors (Lipinski definition) is 1. The van der Waals surface area contributed by atoms with Crippen LogP contribution in [0.1, 0.15) is 45.4 Å². The second-order valence-corrected chi connectivity index (χ2v) is 5.68. The molecule has 4 heteroatoms. The largest absolute Gasteiger partial charge is 0.481 e. The molecule has 1 aliphatic carbocycles. The van der Waals surface area contributed by atoms with Crippen molar-refractivity contribution in [2.24, 2.45) is 17.8 Å². The number of aliphatic carboxylic acids is 1. The third kappa shape index (κ3) is 2.68. The molecule has 1 aliphatic heterocycles. The van der Waals surface area contributed by atoms with Gasteiger partial charge in [0.1, 0.15) is 0 Å². The summed E-state index contributed by atoms with van der Waals surface area (Å²) >= 11 is 0. The van der Waals surface area contributed by atoms with E-state index in [1.54, 1.807) is 0 Å². The van der Waals surface area contributed by atoms with Gasteiger partial charge < -0.3 is 10.0 Å². The van der Waals surface area contributed by atoms with E-state index in [0.717, 1.165) is 38.8 Å². The van der Waals surface area contributed by atoms with E-state index in [4.69, 9.17) is 0 Å². The average molecular weight is 253 g/mol. The Morgan fingerprint density at radius 1 is 1.11 bits per heavy atom. The lowest BCUT2D eigenvalue weighted by atomic mass is 9.94. The van der Waals surface area contributed by atoms with E-state index >= 15 is 0 Å². The van der Waals surface area contributed by atoms with Crippen LogP contribution < -0.4 is 0 Å². The highest BCUT2D eigenvalue weighted by Gasteiger charge is 2.43. The van der Waals surface area contributed by atoms with Gasteiger partial charge in [0.2, 0.25) is 5.91 Å². The summed E-state index contributed by atoms with van der Waals surface area (Å²) in [6.45, 7) is 3.72. The highest BCUT2D eigenvalue weighted by molar-refractivity contribution is 5.85. The van der Waals surface area contributed by atoms with E-state index < -0.39 is 11.9 Å². The van der Waals surface area contributed by atoms with Crippen LogP contribution in [0.25, 0.3) is 0 Å². The molecule has 1 saturated carbocycles. The molecule has 3 atom stereocenters. The summed E-state index contributed by atoms with van der Waals surface area (Å²) in [6, 6.07) is 0. The Kier molecular flexibility index (Phi) is 4.25. The van der Waals surface area contributed by atoms with Gasteiger partial charge in [-0.1, -0.05) is 13.3 Å². The van der Waals surface area contributed by atoms with E-state index in [0.29, 0.717) is 12.3 Å². The number of hydrogen-bond acceptors (Lipinski definition) is 2. The molecule has 2 rings (SSSR count). The van der Waals surface area contributed by atoms with Crippen molar-refractivity contribution in [1.29, 1.82) is 0 Å². The van der Waals surface area contributed by atoms with Gasteiger partial charge in [-0.25, -0.2) is 0 Å². The number of likely N-dealkylation sites (tertiary alicyclic amines) is 1. The number of piperidine rings is 1. The maximum atomic E-state index is 12.4. The molecule has 0 spiro atoms. The Labute approximate surface area is 108 Å². The van der Waals surface area contributed by atoms with Crippen LogP contribution in [0.4, 0.5) is 0 Å². The van der Waals surface area contributed by atoms with Crippen LogP contribution in [0.3, 0.4) is 0 Å². The van der Waals surface area contributed by atoms with Crippen LogP contribution in [-0.2, 0) is 9.59 Å². The van der Waals surface area contributed by atoms with Gasteiger partial charge in [0.15, 0.2) is 0 Å². The van der Waals surface area contributed by atoms with Crippen LogP contribution in [0.5, 0.6) is 0 Å². The molecule has 1 N–H and O–H groups in total. The van der Waals surface area contributed by atoms with Gasteiger partial charge in [-0.3, -0.25) is 9.59 Å². The molecule has 102 valence electrons. The molecular formula is C14H23NO3. The summed E-state index contributed by atoms with van der Waals surface area (Å²) in [6.07, 6.45) is 5.74. The van der Waals surface area contributed by atoms with Crippen molar-refractivity contribution in [2.75, 3.05) is 13.1 Å². The van der Waals surface area contributed by atoms with Crippen LogP contribution in [-0.4, -0.2) is 35.0 Å². The highest BCUT2D eigenvalue weighted by atomic mass is 16.4. The quantitative estimate of drug-likeness (QED) is 0.838. The Morgan fingerprint density at radius 2 is 1.72 bits per heavy atom. The normalized spacial score (nSPS) is 32.5. The Hall–Kier alpha value is -1.06. The molecule has 3 unspecified atom stereocenters. The number of carboxylic acids is 1. The molecule has 2 fully saturated rings. The van der Waals surface area contributed by atoms with Crippen LogP contribution in [0.15, 0.2) is 0 Å². The van der Waals surface area contributed by atoms with Crippen molar-refractivity contribution in [2.45, 2.75) is 45.4 Å². The zero-order valence-electron chi connectivity index (χ0n) is 11.1. The first-order chi connectivity index (χ1) is 8.63. The molecule has 0 bridgehead atoms. The second-order valence-electron chi connectivity index (χ2n) is 5.68. The van der Waals surface area contributed by atoms with E-state index in [9.17, 15) is 14.7 Å². The molecule has 0 aromatic heterocycles. The van der Waals surface area contributed by atoms with Crippen LogP contribution in [0.2, 0.25) is 0 Å². The molecule has 0 radical (unpaired) electrons. The SMILES string of the molecule is CCC1CC(C(=O)O)C(C(=O)N2CCCCC2)C1. The number of amides is 1. The maximum absolute atomic E-state index is 12.4. The predicted molar refractivity (Wildman–Crippen MR) is 68.1 cm³/mol. The first-order valence-electron chi connectivity index (χ1n) is 7.15. The van der Waals surface area contributed by atoms with Crippen molar-refractivity contribution in [3.63, 3.8) is 0 Å². The van der Waals surface area contributed by atoms with Gasteiger partial charge in [-0.05, 0) is 38.0 Å². The van der Waals surface area contributed by atoms with Gasteiger partial charge >= 0.3 is 5.97 Å². The topological polar surface area (TPSA) is 57.6 Å². The average Bonchev–Trinajstić information content (AvgIpc) is 2.83. The lowest BCUT2D eigenvalue weighted by Gasteiger charge is -2.30. The van der Waals surface area contributed by atoms with Crippen molar-refractivity contribution >= 4 is 11.9 Å². The van der Waals surface area contributed by atoms with Gasteiger partial charge in [-0.15, -0.1) is 0 Å². The molecule has 0 aromatic rings. The number of carboxylic acid groups (broad SMARTS) is 1. The maximum Gasteiger partial charge on any atom is 0.307 e. The summed E-state index contributed by atoms with van der Waals surface area (Å²) in [5, 5.41) is 9.27. The standard InChI is InChI=1S/C14H23NO3/c1-2-10-8-11(12(9-10)14(17)18)13(16)15-6-4-3-5-7-15/h10-12H,2-9H2,1H3,(H,17,18). The molecule has 2 aliphatic rings. The van der Waals surface area contributed by atoms with E-state index in [1.807, 2.05) is 4.90 Å². The summed E-state index contributed by atoms with van der Waals surface area (Å²) in [5.41, 5.74) is 0. The third-order valence-electron chi connectivity index (χ3n) is 4.54. The van der Waals surface area contributed by atoms with Gasteiger partial charge in [0, 0.05) is 13.1 Å². The zero-order valence-corrected chi connectivity index (χ0v) is 11.1. The molecular weight excluding hydrogens is 230 g/mol. The zero-order chi connectivity index (χ0) is 13.1. The summed E-state index contributed by atoms with van der Waals surface area (Å²) < 4.78 is 0. The van der Waals surface area contributed by atoms with Gasteiger partial charge in [-0.2, -0.15) is 0 Å². The summed E-state index contributed by atoms with van der Waals surface area (Å²) in [4.78, 5) is 25.6.